The third kappa shape index (κ3) is 8.70. The third-order valence-electron chi connectivity index (χ3n) is 7.47. The minimum absolute atomic E-state index is 0.0339. The number of piperazine rings is 1. The quantitative estimate of drug-likeness (QED) is 0.231. The molecule has 0 aromatic carbocycles. The van der Waals surface area contributed by atoms with E-state index in [1.807, 2.05) is 6.92 Å². The molecule has 2 aliphatic heterocycles. The molecule has 2 aliphatic rings. The van der Waals surface area contributed by atoms with Gasteiger partial charge in [0.1, 0.15) is 4.90 Å². The molecule has 0 atom stereocenters. The van der Waals surface area contributed by atoms with Gasteiger partial charge in [-0.2, -0.15) is 5.10 Å². The van der Waals surface area contributed by atoms with Crippen LogP contribution in [0.2, 0.25) is 0 Å². The normalized spacial score (nSPS) is 16.6. The average Bonchev–Trinajstić information content (AvgIpc) is 3.37. The summed E-state index contributed by atoms with van der Waals surface area (Å²) in [6.07, 6.45) is 3.24. The van der Waals surface area contributed by atoms with Crippen LogP contribution in [0.4, 0.5) is 5.95 Å². The Morgan fingerprint density at radius 3 is 2.00 bits per heavy atom. The molecule has 2 saturated heterocycles. The van der Waals surface area contributed by atoms with Crippen molar-refractivity contribution in [3.63, 3.8) is 0 Å². The number of carbonyl (C=O) groups excluding carboxylic acids is 1. The number of hydrogen-bond acceptors (Lipinski definition) is 12. The fourth-order valence-corrected chi connectivity index (χ4v) is 5.75. The zero-order chi connectivity index (χ0) is 32.8. The number of anilines is 1. The zero-order valence-electron chi connectivity index (χ0n) is 24.6. The van der Waals surface area contributed by atoms with Crippen LogP contribution in [-0.4, -0.2) is 141 Å². The van der Waals surface area contributed by atoms with Crippen LogP contribution < -0.4 is 4.90 Å². The van der Waals surface area contributed by atoms with Gasteiger partial charge in [0.2, 0.25) is 5.95 Å². The molecule has 44 heavy (non-hydrogen) atoms. The van der Waals surface area contributed by atoms with E-state index >= 15 is 0 Å². The number of piperidine rings is 1. The standard InChI is InChI=1S/C20H29N7O3S.C6H8O7/c1-14-16(12-22-24-14)19(28)26-6-4-15(5-7-26)18-17(31(3,29)30)13-21-20(23-18)27-10-8-25(2)9-11-27;7-3(8)1-6(13,5(11)12)2-4(9)10/h12-13,15H,4-11H2,1-3H3,(H,22,24);13H,1-2H2,(H,7,8)(H,9,10)(H,11,12). The number of H-pyrrole nitrogens is 1. The van der Waals surface area contributed by atoms with Gasteiger partial charge in [0.15, 0.2) is 15.4 Å². The highest BCUT2D eigenvalue weighted by Crippen LogP contribution is 2.32. The van der Waals surface area contributed by atoms with Gasteiger partial charge in [-0.15, -0.1) is 0 Å². The maximum Gasteiger partial charge on any atom is 0.336 e. The van der Waals surface area contributed by atoms with E-state index in [4.69, 9.17) is 25.4 Å². The molecule has 5 N–H and O–H groups in total. The third-order valence-corrected chi connectivity index (χ3v) is 8.58. The van der Waals surface area contributed by atoms with Crippen molar-refractivity contribution in [1.29, 1.82) is 0 Å². The Hall–Kier alpha value is -4.16. The van der Waals surface area contributed by atoms with Crippen LogP contribution in [0.5, 0.6) is 0 Å². The molecule has 4 rings (SSSR count). The van der Waals surface area contributed by atoms with Crippen LogP contribution in [0.25, 0.3) is 0 Å². The number of aliphatic carboxylic acids is 3. The molecular formula is C26H37N7O10S. The first-order valence-electron chi connectivity index (χ1n) is 13.7. The summed E-state index contributed by atoms with van der Waals surface area (Å²) in [7, 11) is -1.37. The smallest absolute Gasteiger partial charge is 0.336 e. The fourth-order valence-electron chi connectivity index (χ4n) is 4.92. The number of likely N-dealkylation sites (tertiary alicyclic amines) is 1. The van der Waals surface area contributed by atoms with Gasteiger partial charge in [-0.3, -0.25) is 19.5 Å². The van der Waals surface area contributed by atoms with Crippen molar-refractivity contribution < 1.29 is 48.0 Å². The molecule has 2 aromatic heterocycles. The predicted molar refractivity (Wildman–Crippen MR) is 153 cm³/mol. The topological polar surface area (TPSA) is 248 Å². The summed E-state index contributed by atoms with van der Waals surface area (Å²) < 4.78 is 24.8. The summed E-state index contributed by atoms with van der Waals surface area (Å²) in [5.41, 5.74) is -0.829. The molecule has 17 nitrogen and oxygen atoms in total. The number of carboxylic acid groups (broad SMARTS) is 3. The van der Waals surface area contributed by atoms with Crippen LogP contribution in [0, 0.1) is 6.92 Å². The van der Waals surface area contributed by atoms with Crippen molar-refractivity contribution >= 4 is 39.6 Å². The van der Waals surface area contributed by atoms with Gasteiger partial charge in [-0.1, -0.05) is 0 Å². The number of amides is 1. The summed E-state index contributed by atoms with van der Waals surface area (Å²) in [4.78, 5) is 58.7. The van der Waals surface area contributed by atoms with E-state index in [1.165, 1.54) is 12.5 Å². The second kappa shape index (κ2) is 14.1. The summed E-state index contributed by atoms with van der Waals surface area (Å²) in [6, 6.07) is 0. The van der Waals surface area contributed by atoms with Gasteiger partial charge in [0.25, 0.3) is 5.91 Å². The first kappa shape index (κ1) is 34.3. The molecular weight excluding hydrogens is 602 g/mol. The van der Waals surface area contributed by atoms with Crippen molar-refractivity contribution in [3.05, 3.63) is 29.3 Å². The van der Waals surface area contributed by atoms with Crippen molar-refractivity contribution in [3.8, 4) is 0 Å². The number of aromatic amines is 1. The van der Waals surface area contributed by atoms with Crippen LogP contribution in [-0.2, 0) is 24.2 Å². The highest BCUT2D eigenvalue weighted by Gasteiger charge is 2.40. The van der Waals surface area contributed by atoms with E-state index in [2.05, 4.69) is 32.0 Å². The average molecular weight is 640 g/mol. The summed E-state index contributed by atoms with van der Waals surface area (Å²) in [5, 5.41) is 40.5. The summed E-state index contributed by atoms with van der Waals surface area (Å²) in [5.74, 6) is -4.51. The predicted octanol–water partition coefficient (Wildman–Crippen LogP) is -0.565. The number of carboxylic acids is 3. The van der Waals surface area contributed by atoms with Crippen molar-refractivity contribution in [2.45, 2.75) is 49.0 Å². The van der Waals surface area contributed by atoms with E-state index < -0.39 is 46.2 Å². The molecule has 0 aliphatic carbocycles. The molecule has 1 amide bonds. The number of aryl methyl sites for hydroxylation is 1. The second-order valence-corrected chi connectivity index (χ2v) is 12.9. The fraction of sp³-hybridized carbons (Fsp3) is 0.577. The molecule has 2 fully saturated rings. The number of aliphatic hydroxyl groups is 1. The number of sulfone groups is 1. The molecule has 0 radical (unpaired) electrons. The number of nitrogens with zero attached hydrogens (tertiary/aromatic N) is 6. The number of hydrogen-bond donors (Lipinski definition) is 5. The Balaban J connectivity index is 0.000000345. The summed E-state index contributed by atoms with van der Waals surface area (Å²) >= 11 is 0. The van der Waals surface area contributed by atoms with Gasteiger partial charge < -0.3 is 35.1 Å². The van der Waals surface area contributed by atoms with Crippen LogP contribution in [0.3, 0.4) is 0 Å². The minimum atomic E-state index is -3.45. The molecule has 0 spiro atoms. The van der Waals surface area contributed by atoms with Crippen LogP contribution >= 0.6 is 0 Å². The van der Waals surface area contributed by atoms with Gasteiger partial charge in [-0.25, -0.2) is 23.2 Å². The largest absolute Gasteiger partial charge is 0.481 e. The highest BCUT2D eigenvalue weighted by atomic mass is 32.2. The SMILES string of the molecule is Cc1[nH]ncc1C(=O)N1CCC(c2nc(N3CCN(C)CC3)ncc2S(C)(=O)=O)CC1.O=C(O)CC(O)(CC(=O)O)C(=O)O. The van der Waals surface area contributed by atoms with Gasteiger partial charge >= 0.3 is 17.9 Å². The number of nitrogens with one attached hydrogen (secondary N) is 1. The zero-order valence-corrected chi connectivity index (χ0v) is 25.4. The Labute approximate surface area is 253 Å². The number of aromatic nitrogens is 4. The lowest BCUT2D eigenvalue weighted by Gasteiger charge is -2.34. The van der Waals surface area contributed by atoms with E-state index in [1.54, 1.807) is 11.1 Å². The molecule has 2 aromatic rings. The lowest BCUT2D eigenvalue weighted by atomic mass is 9.93. The van der Waals surface area contributed by atoms with E-state index in [0.717, 1.165) is 31.9 Å². The summed E-state index contributed by atoms with van der Waals surface area (Å²) in [6.45, 7) is 6.37. The van der Waals surface area contributed by atoms with Gasteiger partial charge in [-0.05, 0) is 26.8 Å². The second-order valence-electron chi connectivity index (χ2n) is 10.9. The lowest BCUT2D eigenvalue weighted by Crippen LogP contribution is -2.45. The number of carbonyl (C=O) groups is 4. The van der Waals surface area contributed by atoms with Gasteiger partial charge in [0.05, 0.1) is 36.5 Å². The number of rotatable bonds is 9. The van der Waals surface area contributed by atoms with Crippen molar-refractivity contribution in [2.75, 3.05) is 57.5 Å². The molecule has 0 unspecified atom stereocenters. The van der Waals surface area contributed by atoms with Gasteiger partial charge in [0, 0.05) is 57.1 Å². The van der Waals surface area contributed by atoms with E-state index in [-0.39, 0.29) is 16.7 Å². The Morgan fingerprint density at radius 2 is 1.55 bits per heavy atom. The monoisotopic (exact) mass is 639 g/mol. The van der Waals surface area contributed by atoms with E-state index in [0.29, 0.717) is 43.1 Å². The van der Waals surface area contributed by atoms with E-state index in [9.17, 15) is 27.6 Å². The van der Waals surface area contributed by atoms with Crippen molar-refractivity contribution in [2.24, 2.45) is 0 Å². The van der Waals surface area contributed by atoms with Crippen LogP contribution in [0.15, 0.2) is 17.3 Å². The molecule has 4 heterocycles. The molecule has 0 saturated carbocycles. The lowest BCUT2D eigenvalue weighted by molar-refractivity contribution is -0.170. The Bertz CT molecular complexity index is 1460. The minimum Gasteiger partial charge on any atom is -0.481 e. The molecule has 242 valence electrons. The first-order valence-corrected chi connectivity index (χ1v) is 15.6. The van der Waals surface area contributed by atoms with Crippen molar-refractivity contribution in [1.82, 2.24) is 30.0 Å². The maximum absolute atomic E-state index is 12.8. The molecule has 18 heteroatoms. The Morgan fingerprint density at radius 1 is 0.977 bits per heavy atom. The number of likely N-dealkylation sites (N-methyl/N-ethyl adjacent to an activating group) is 1. The highest BCUT2D eigenvalue weighted by molar-refractivity contribution is 7.90. The molecule has 0 bridgehead atoms. The Kier molecular flexibility index (Phi) is 11.0. The first-order chi connectivity index (χ1) is 20.5. The van der Waals surface area contributed by atoms with Crippen LogP contribution in [0.1, 0.15) is 53.3 Å². The maximum atomic E-state index is 12.8.